The van der Waals surface area contributed by atoms with Gasteiger partial charge in [-0.15, -0.1) is 0 Å². The molecular weight excluding hydrogens is 456 g/mol. The van der Waals surface area contributed by atoms with Gasteiger partial charge in [-0.2, -0.15) is 4.31 Å². The molecule has 2 aromatic carbocycles. The summed E-state index contributed by atoms with van der Waals surface area (Å²) in [7, 11) is -3.65. The van der Waals surface area contributed by atoms with E-state index in [2.05, 4.69) is 21.2 Å². The first-order valence-corrected chi connectivity index (χ1v) is 11.7. The monoisotopic (exact) mass is 480 g/mol. The van der Waals surface area contributed by atoms with Crippen LogP contribution in [0.15, 0.2) is 51.8 Å². The summed E-state index contributed by atoms with van der Waals surface area (Å²) >= 11 is 3.41. The number of morpholine rings is 1. The molecule has 0 aliphatic carbocycles. The normalized spacial score (nSPS) is 16.4. The van der Waals surface area contributed by atoms with Gasteiger partial charge >= 0.3 is 0 Å². The zero-order chi connectivity index (χ0) is 21.0. The van der Waals surface area contributed by atoms with Crippen molar-refractivity contribution in [2.24, 2.45) is 0 Å². The highest BCUT2D eigenvalue weighted by atomic mass is 79.9. The van der Waals surface area contributed by atoms with Crippen LogP contribution < -0.4 is 5.32 Å². The lowest BCUT2D eigenvalue weighted by Gasteiger charge is -2.26. The molecule has 1 amide bonds. The first kappa shape index (κ1) is 22.0. The molecule has 8 heteroatoms. The van der Waals surface area contributed by atoms with Crippen molar-refractivity contribution in [1.82, 2.24) is 9.62 Å². The van der Waals surface area contributed by atoms with Crippen LogP contribution in [-0.2, 0) is 21.2 Å². The molecule has 1 N–H and O–H groups in total. The molecule has 3 rings (SSSR count). The van der Waals surface area contributed by atoms with E-state index in [1.807, 2.05) is 31.2 Å². The topological polar surface area (TPSA) is 75.7 Å². The van der Waals surface area contributed by atoms with Gasteiger partial charge in [0.2, 0.25) is 10.0 Å². The third-order valence-corrected chi connectivity index (χ3v) is 7.32. The van der Waals surface area contributed by atoms with E-state index < -0.39 is 10.0 Å². The van der Waals surface area contributed by atoms with E-state index in [4.69, 9.17) is 4.74 Å². The highest BCUT2D eigenvalue weighted by Gasteiger charge is 2.27. The lowest BCUT2D eigenvalue weighted by atomic mass is 10.1. The Morgan fingerprint density at radius 3 is 2.48 bits per heavy atom. The number of nitrogens with one attached hydrogen (secondary N) is 1. The number of nitrogens with zero attached hydrogens (tertiary/aromatic N) is 1. The molecule has 1 saturated heterocycles. The van der Waals surface area contributed by atoms with Gasteiger partial charge in [0.15, 0.2) is 0 Å². The zero-order valence-corrected chi connectivity index (χ0v) is 18.9. The van der Waals surface area contributed by atoms with Crippen LogP contribution >= 0.6 is 15.9 Å². The molecule has 6 nitrogen and oxygen atoms in total. The molecule has 156 valence electrons. The second-order valence-corrected chi connectivity index (χ2v) is 10.1. The van der Waals surface area contributed by atoms with Crippen molar-refractivity contribution < 1.29 is 17.9 Å². The predicted octanol–water partition coefficient (Wildman–Crippen LogP) is 3.14. The molecule has 0 spiro atoms. The van der Waals surface area contributed by atoms with Crippen molar-refractivity contribution in [3.8, 4) is 0 Å². The summed E-state index contributed by atoms with van der Waals surface area (Å²) in [5, 5.41) is 2.98. The van der Waals surface area contributed by atoms with Gasteiger partial charge in [0, 0.05) is 29.2 Å². The largest absolute Gasteiger partial charge is 0.379 e. The first-order valence-electron chi connectivity index (χ1n) is 9.51. The van der Waals surface area contributed by atoms with Gasteiger partial charge in [-0.25, -0.2) is 8.42 Å². The number of ether oxygens (including phenoxy) is 1. The van der Waals surface area contributed by atoms with Crippen molar-refractivity contribution in [2.45, 2.75) is 31.2 Å². The summed E-state index contributed by atoms with van der Waals surface area (Å²) in [5.41, 5.74) is 2.22. The van der Waals surface area contributed by atoms with Crippen molar-refractivity contribution in [1.29, 1.82) is 0 Å². The van der Waals surface area contributed by atoms with Crippen LogP contribution in [-0.4, -0.2) is 51.0 Å². The maximum atomic E-state index is 12.9. The molecule has 1 atom stereocenters. The Labute approximate surface area is 180 Å². The molecule has 0 saturated carbocycles. The molecule has 29 heavy (non-hydrogen) atoms. The fraction of sp³-hybridized carbons (Fsp3) is 0.381. The molecule has 2 aromatic rings. The molecule has 1 unspecified atom stereocenters. The summed E-state index contributed by atoms with van der Waals surface area (Å²) < 4.78 is 33.4. The highest BCUT2D eigenvalue weighted by molar-refractivity contribution is 9.10. The Hall–Kier alpha value is -1.74. The summed E-state index contributed by atoms with van der Waals surface area (Å²) in [6.45, 7) is 5.14. The molecule has 1 heterocycles. The number of halogens is 1. The van der Waals surface area contributed by atoms with E-state index in [-0.39, 0.29) is 16.8 Å². The van der Waals surface area contributed by atoms with Gasteiger partial charge in [-0.3, -0.25) is 4.79 Å². The number of hydrogen-bond donors (Lipinski definition) is 1. The van der Waals surface area contributed by atoms with Crippen LogP contribution in [0.5, 0.6) is 0 Å². The number of rotatable bonds is 6. The van der Waals surface area contributed by atoms with E-state index >= 15 is 0 Å². The fourth-order valence-corrected chi connectivity index (χ4v) is 4.97. The Morgan fingerprint density at radius 1 is 1.17 bits per heavy atom. The molecule has 0 bridgehead atoms. The maximum absolute atomic E-state index is 12.9. The minimum atomic E-state index is -3.65. The number of hydrogen-bond acceptors (Lipinski definition) is 4. The van der Waals surface area contributed by atoms with Crippen molar-refractivity contribution in [2.75, 3.05) is 26.3 Å². The maximum Gasteiger partial charge on any atom is 0.251 e. The predicted molar refractivity (Wildman–Crippen MR) is 116 cm³/mol. The van der Waals surface area contributed by atoms with Gasteiger partial charge in [-0.1, -0.05) is 34.1 Å². The van der Waals surface area contributed by atoms with Crippen LogP contribution in [0.4, 0.5) is 0 Å². The molecular formula is C21H25BrN2O4S. The third-order valence-electron chi connectivity index (χ3n) is 4.89. The summed E-state index contributed by atoms with van der Waals surface area (Å²) in [4.78, 5) is 13.0. The average Bonchev–Trinajstić information content (AvgIpc) is 2.70. The molecule has 1 aliphatic rings. The minimum Gasteiger partial charge on any atom is -0.379 e. The molecule has 1 fully saturated rings. The van der Waals surface area contributed by atoms with Crippen LogP contribution in [0.2, 0.25) is 0 Å². The van der Waals surface area contributed by atoms with E-state index in [0.29, 0.717) is 38.3 Å². The number of amides is 1. The van der Waals surface area contributed by atoms with E-state index in [9.17, 15) is 13.2 Å². The second-order valence-electron chi connectivity index (χ2n) is 7.20. The molecule has 1 aliphatic heterocycles. The van der Waals surface area contributed by atoms with Gasteiger partial charge in [0.05, 0.1) is 18.1 Å². The molecule has 0 radical (unpaired) electrons. The summed E-state index contributed by atoms with van der Waals surface area (Å²) in [5.74, 6) is -0.272. The zero-order valence-electron chi connectivity index (χ0n) is 16.5. The van der Waals surface area contributed by atoms with Crippen LogP contribution in [0.3, 0.4) is 0 Å². The SMILES string of the molecule is Cc1ccc(S(=O)(=O)N2CCOCC2)cc1C(=O)NC(C)Cc1ccc(Br)cc1. The number of sulfonamides is 1. The Bertz CT molecular complexity index is 971. The van der Waals surface area contributed by atoms with Gasteiger partial charge in [0.1, 0.15) is 0 Å². The third kappa shape index (κ3) is 5.45. The number of carbonyl (C=O) groups is 1. The standard InChI is InChI=1S/C21H25BrN2O4S/c1-15-3-8-19(29(26,27)24-9-11-28-12-10-24)14-20(15)21(25)23-16(2)13-17-4-6-18(22)7-5-17/h3-8,14,16H,9-13H2,1-2H3,(H,23,25). The second kappa shape index (κ2) is 9.38. The van der Waals surface area contributed by atoms with Crippen LogP contribution in [0.25, 0.3) is 0 Å². The van der Waals surface area contributed by atoms with E-state index in [0.717, 1.165) is 15.6 Å². The lowest BCUT2D eigenvalue weighted by Crippen LogP contribution is -2.40. The average molecular weight is 481 g/mol. The summed E-state index contributed by atoms with van der Waals surface area (Å²) in [6, 6.07) is 12.6. The van der Waals surface area contributed by atoms with Gasteiger partial charge < -0.3 is 10.1 Å². The quantitative estimate of drug-likeness (QED) is 0.688. The number of aryl methyl sites for hydroxylation is 1. The van der Waals surface area contributed by atoms with Gasteiger partial charge in [0.25, 0.3) is 5.91 Å². The highest BCUT2D eigenvalue weighted by Crippen LogP contribution is 2.21. The lowest BCUT2D eigenvalue weighted by molar-refractivity contribution is 0.0730. The Kier molecular flexibility index (Phi) is 7.10. The number of carbonyl (C=O) groups excluding carboxylic acids is 1. The smallest absolute Gasteiger partial charge is 0.251 e. The minimum absolute atomic E-state index is 0.0948. The van der Waals surface area contributed by atoms with E-state index in [1.165, 1.54) is 10.4 Å². The van der Waals surface area contributed by atoms with Crippen LogP contribution in [0, 0.1) is 6.92 Å². The van der Waals surface area contributed by atoms with Crippen molar-refractivity contribution in [3.63, 3.8) is 0 Å². The van der Waals surface area contributed by atoms with Crippen molar-refractivity contribution >= 4 is 31.9 Å². The molecule has 0 aromatic heterocycles. The number of benzene rings is 2. The Morgan fingerprint density at radius 2 is 1.83 bits per heavy atom. The summed E-state index contributed by atoms with van der Waals surface area (Å²) in [6.07, 6.45) is 0.684. The fourth-order valence-electron chi connectivity index (χ4n) is 3.27. The van der Waals surface area contributed by atoms with E-state index in [1.54, 1.807) is 19.1 Å². The Balaban J connectivity index is 1.74. The first-order chi connectivity index (χ1) is 13.8. The van der Waals surface area contributed by atoms with Gasteiger partial charge in [-0.05, 0) is 55.7 Å². The van der Waals surface area contributed by atoms with Crippen molar-refractivity contribution in [3.05, 3.63) is 63.6 Å². The van der Waals surface area contributed by atoms with Crippen LogP contribution in [0.1, 0.15) is 28.4 Å².